The number of rotatable bonds is 5. The molecule has 0 aromatic heterocycles. The summed E-state index contributed by atoms with van der Waals surface area (Å²) in [5.41, 5.74) is 5.60. The molecule has 0 saturated carbocycles. The molecule has 15 heavy (non-hydrogen) atoms. The fraction of sp³-hybridized carbons (Fsp3) is 1.00. The van der Waals surface area contributed by atoms with E-state index < -0.39 is 9.84 Å². The Morgan fingerprint density at radius 3 is 2.67 bits per heavy atom. The van der Waals surface area contributed by atoms with Crippen molar-refractivity contribution >= 4 is 22.2 Å². The van der Waals surface area contributed by atoms with Crippen LogP contribution in [-0.4, -0.2) is 50.5 Å². The number of likely N-dealkylation sites (tertiary alicyclic amines) is 1. The fourth-order valence-corrected chi connectivity index (χ4v) is 2.66. The van der Waals surface area contributed by atoms with Gasteiger partial charge in [0.2, 0.25) is 0 Å². The SMILES string of the molecule is CCS(=O)(=O)CCN1CCCC1CN.Cl. The molecule has 1 rings (SSSR count). The minimum absolute atomic E-state index is 0. The Kier molecular flexibility index (Phi) is 6.75. The fourth-order valence-electron chi connectivity index (χ4n) is 1.86. The number of nitrogens with zero attached hydrogens (tertiary/aromatic N) is 1. The molecule has 0 spiro atoms. The van der Waals surface area contributed by atoms with Crippen LogP contribution in [-0.2, 0) is 9.84 Å². The van der Waals surface area contributed by atoms with Gasteiger partial charge in [0, 0.05) is 24.9 Å². The molecule has 6 heteroatoms. The van der Waals surface area contributed by atoms with Crippen molar-refractivity contribution in [1.82, 2.24) is 4.90 Å². The van der Waals surface area contributed by atoms with Gasteiger partial charge in [0.05, 0.1) is 5.75 Å². The third kappa shape index (κ3) is 4.68. The van der Waals surface area contributed by atoms with Crippen molar-refractivity contribution in [2.45, 2.75) is 25.8 Å². The molecule has 0 aliphatic carbocycles. The van der Waals surface area contributed by atoms with Gasteiger partial charge in [-0.25, -0.2) is 8.42 Å². The lowest BCUT2D eigenvalue weighted by Crippen LogP contribution is -2.38. The first kappa shape index (κ1) is 15.2. The van der Waals surface area contributed by atoms with E-state index in [2.05, 4.69) is 4.90 Å². The van der Waals surface area contributed by atoms with Crippen molar-refractivity contribution in [3.8, 4) is 0 Å². The van der Waals surface area contributed by atoms with Crippen molar-refractivity contribution in [2.75, 3.05) is 31.1 Å². The first-order valence-corrected chi connectivity index (χ1v) is 7.05. The molecule has 1 aliphatic rings. The van der Waals surface area contributed by atoms with Gasteiger partial charge in [0.15, 0.2) is 9.84 Å². The van der Waals surface area contributed by atoms with Gasteiger partial charge >= 0.3 is 0 Å². The third-order valence-electron chi connectivity index (χ3n) is 2.90. The molecule has 1 heterocycles. The van der Waals surface area contributed by atoms with Crippen LogP contribution in [0, 0.1) is 0 Å². The summed E-state index contributed by atoms with van der Waals surface area (Å²) in [4.78, 5) is 2.20. The first-order valence-electron chi connectivity index (χ1n) is 5.23. The number of hydrogen-bond acceptors (Lipinski definition) is 4. The van der Waals surface area contributed by atoms with Crippen LogP contribution in [0.15, 0.2) is 0 Å². The van der Waals surface area contributed by atoms with Crippen molar-refractivity contribution < 1.29 is 8.42 Å². The van der Waals surface area contributed by atoms with Crippen LogP contribution in [0.4, 0.5) is 0 Å². The topological polar surface area (TPSA) is 63.4 Å². The predicted molar refractivity (Wildman–Crippen MR) is 65.2 cm³/mol. The molecule has 1 saturated heterocycles. The molecule has 0 aromatic carbocycles. The van der Waals surface area contributed by atoms with Crippen LogP contribution in [0.25, 0.3) is 0 Å². The second-order valence-electron chi connectivity index (χ2n) is 3.80. The summed E-state index contributed by atoms with van der Waals surface area (Å²) >= 11 is 0. The lowest BCUT2D eigenvalue weighted by Gasteiger charge is -2.22. The van der Waals surface area contributed by atoms with Gasteiger partial charge in [0.25, 0.3) is 0 Å². The largest absolute Gasteiger partial charge is 0.329 e. The molecule has 1 atom stereocenters. The lowest BCUT2D eigenvalue weighted by atomic mass is 10.2. The van der Waals surface area contributed by atoms with Crippen LogP contribution in [0.3, 0.4) is 0 Å². The third-order valence-corrected chi connectivity index (χ3v) is 4.58. The summed E-state index contributed by atoms with van der Waals surface area (Å²) in [6.07, 6.45) is 2.26. The monoisotopic (exact) mass is 256 g/mol. The van der Waals surface area contributed by atoms with E-state index in [4.69, 9.17) is 5.73 Å². The van der Waals surface area contributed by atoms with Crippen molar-refractivity contribution in [2.24, 2.45) is 5.73 Å². The molecule has 1 fully saturated rings. The number of nitrogens with two attached hydrogens (primary N) is 1. The summed E-state index contributed by atoms with van der Waals surface area (Å²) in [5.74, 6) is 0.522. The van der Waals surface area contributed by atoms with Crippen LogP contribution in [0.5, 0.6) is 0 Å². The van der Waals surface area contributed by atoms with E-state index in [1.54, 1.807) is 6.92 Å². The molecule has 1 aliphatic heterocycles. The van der Waals surface area contributed by atoms with Gasteiger partial charge in [-0.15, -0.1) is 12.4 Å². The summed E-state index contributed by atoms with van der Waals surface area (Å²) in [6, 6.07) is 0.405. The maximum Gasteiger partial charge on any atom is 0.151 e. The zero-order valence-electron chi connectivity index (χ0n) is 9.18. The van der Waals surface area contributed by atoms with Gasteiger partial charge < -0.3 is 5.73 Å². The highest BCUT2D eigenvalue weighted by molar-refractivity contribution is 7.91. The van der Waals surface area contributed by atoms with Crippen molar-refractivity contribution in [3.05, 3.63) is 0 Å². The lowest BCUT2D eigenvalue weighted by molar-refractivity contribution is 0.273. The number of hydrogen-bond donors (Lipinski definition) is 1. The summed E-state index contributed by atoms with van der Waals surface area (Å²) in [5, 5.41) is 0. The molecule has 0 amide bonds. The van der Waals surface area contributed by atoms with Crippen LogP contribution >= 0.6 is 12.4 Å². The van der Waals surface area contributed by atoms with E-state index in [9.17, 15) is 8.42 Å². The molecular formula is C9H21ClN2O2S. The van der Waals surface area contributed by atoms with Crippen LogP contribution in [0.2, 0.25) is 0 Å². The van der Waals surface area contributed by atoms with Gasteiger partial charge in [-0.1, -0.05) is 6.92 Å². The highest BCUT2D eigenvalue weighted by Gasteiger charge is 2.23. The van der Waals surface area contributed by atoms with E-state index in [1.807, 2.05) is 0 Å². The Hall–Kier alpha value is 0.160. The molecule has 92 valence electrons. The van der Waals surface area contributed by atoms with E-state index in [0.29, 0.717) is 19.1 Å². The molecule has 0 bridgehead atoms. The minimum Gasteiger partial charge on any atom is -0.329 e. The van der Waals surface area contributed by atoms with Gasteiger partial charge in [-0.05, 0) is 19.4 Å². The molecule has 1 unspecified atom stereocenters. The second-order valence-corrected chi connectivity index (χ2v) is 6.28. The molecule has 4 nitrogen and oxygen atoms in total. The summed E-state index contributed by atoms with van der Waals surface area (Å²) < 4.78 is 22.6. The standard InChI is InChI=1S/C9H20N2O2S.ClH/c1-2-14(12,13)7-6-11-5-3-4-9(11)8-10;/h9H,2-8,10H2,1H3;1H. The smallest absolute Gasteiger partial charge is 0.151 e. The predicted octanol–water partition coefficient (Wildman–Crippen LogP) is 0.266. The Bertz CT molecular complexity index is 269. The summed E-state index contributed by atoms with van der Waals surface area (Å²) in [7, 11) is -2.82. The number of sulfone groups is 1. The minimum atomic E-state index is -2.82. The Morgan fingerprint density at radius 2 is 2.13 bits per heavy atom. The van der Waals surface area contributed by atoms with Gasteiger partial charge in [0.1, 0.15) is 0 Å². The maximum atomic E-state index is 11.3. The highest BCUT2D eigenvalue weighted by Crippen LogP contribution is 2.15. The average molecular weight is 257 g/mol. The zero-order chi connectivity index (χ0) is 10.6. The Labute approximate surface area is 98.5 Å². The quantitative estimate of drug-likeness (QED) is 0.767. The zero-order valence-corrected chi connectivity index (χ0v) is 10.8. The van der Waals surface area contributed by atoms with Crippen LogP contribution in [0.1, 0.15) is 19.8 Å². The molecule has 2 N–H and O–H groups in total. The van der Waals surface area contributed by atoms with E-state index in [-0.39, 0.29) is 23.9 Å². The van der Waals surface area contributed by atoms with E-state index in [0.717, 1.165) is 19.4 Å². The molecule has 0 aromatic rings. The van der Waals surface area contributed by atoms with Crippen LogP contribution < -0.4 is 5.73 Å². The van der Waals surface area contributed by atoms with Crippen molar-refractivity contribution in [1.29, 1.82) is 0 Å². The van der Waals surface area contributed by atoms with E-state index >= 15 is 0 Å². The first-order chi connectivity index (χ1) is 6.59. The highest BCUT2D eigenvalue weighted by atomic mass is 35.5. The summed E-state index contributed by atoms with van der Waals surface area (Å²) in [6.45, 7) is 3.99. The normalized spacial score (nSPS) is 22.7. The Balaban J connectivity index is 0.00000196. The second kappa shape index (κ2) is 6.68. The number of halogens is 1. The van der Waals surface area contributed by atoms with Crippen molar-refractivity contribution in [3.63, 3.8) is 0 Å². The maximum absolute atomic E-state index is 11.3. The Morgan fingerprint density at radius 1 is 1.47 bits per heavy atom. The molecule has 0 radical (unpaired) electrons. The van der Waals surface area contributed by atoms with Gasteiger partial charge in [-0.2, -0.15) is 0 Å². The molecular weight excluding hydrogens is 236 g/mol. The van der Waals surface area contributed by atoms with E-state index in [1.165, 1.54) is 0 Å². The average Bonchev–Trinajstić information content (AvgIpc) is 2.62. The van der Waals surface area contributed by atoms with Gasteiger partial charge in [-0.3, -0.25) is 4.90 Å².